The molecule has 29 heavy (non-hydrogen) atoms. The molecule has 0 bridgehead atoms. The Labute approximate surface area is 173 Å². The molecular weight excluding hydrogens is 412 g/mol. The van der Waals surface area contributed by atoms with Crippen LogP contribution < -0.4 is 10.0 Å². The molecule has 0 radical (unpaired) electrons. The Morgan fingerprint density at radius 2 is 1.62 bits per heavy atom. The van der Waals surface area contributed by atoms with Crippen molar-refractivity contribution in [1.82, 2.24) is 4.98 Å². The third-order valence-electron chi connectivity index (χ3n) is 4.65. The van der Waals surface area contributed by atoms with Gasteiger partial charge in [0.25, 0.3) is 0 Å². The first-order valence-corrected chi connectivity index (χ1v) is 10.6. The molecule has 1 unspecified atom stereocenters. The summed E-state index contributed by atoms with van der Waals surface area (Å²) in [5.74, 6) is 0.532. The number of halogens is 1. The molecular formula is C20H17ClN4O3S. The highest BCUT2D eigenvalue weighted by Crippen LogP contribution is 2.34. The lowest BCUT2D eigenvalue weighted by molar-refractivity contribution is 0.0647. The topological polar surface area (TPSA) is 109 Å². The number of anilines is 1. The molecule has 3 aromatic rings. The van der Waals surface area contributed by atoms with Crippen molar-refractivity contribution < 1.29 is 13.5 Å². The van der Waals surface area contributed by atoms with Gasteiger partial charge in [-0.3, -0.25) is 4.98 Å². The number of rotatable bonds is 4. The number of aliphatic imine (C=N–C) groups is 1. The summed E-state index contributed by atoms with van der Waals surface area (Å²) in [5.41, 5.74) is 0.532. The molecule has 0 saturated carbocycles. The van der Waals surface area contributed by atoms with Gasteiger partial charge in [0, 0.05) is 34.2 Å². The zero-order chi connectivity index (χ0) is 20.6. The molecule has 7 nitrogen and oxygen atoms in total. The first-order chi connectivity index (χ1) is 13.8. The summed E-state index contributed by atoms with van der Waals surface area (Å²) < 4.78 is 23.1. The summed E-state index contributed by atoms with van der Waals surface area (Å²) in [6.07, 6.45) is 3.18. The van der Waals surface area contributed by atoms with Crippen LogP contribution in [0.4, 0.5) is 5.69 Å². The Kier molecular flexibility index (Phi) is 4.87. The van der Waals surface area contributed by atoms with E-state index < -0.39 is 15.7 Å². The second-order valence-electron chi connectivity index (χ2n) is 6.62. The third kappa shape index (κ3) is 3.88. The van der Waals surface area contributed by atoms with Crippen LogP contribution in [0.3, 0.4) is 0 Å². The predicted octanol–water partition coefficient (Wildman–Crippen LogP) is 2.49. The number of sulfonamides is 1. The number of primary sulfonamides is 1. The second-order valence-corrected chi connectivity index (χ2v) is 8.62. The van der Waals surface area contributed by atoms with Crippen LogP contribution in [-0.4, -0.2) is 30.9 Å². The first-order valence-electron chi connectivity index (χ1n) is 8.65. The summed E-state index contributed by atoms with van der Waals surface area (Å²) >= 11 is 6.01. The fourth-order valence-corrected chi connectivity index (χ4v) is 3.83. The minimum atomic E-state index is -3.80. The van der Waals surface area contributed by atoms with Crippen LogP contribution in [-0.2, 0) is 15.7 Å². The van der Waals surface area contributed by atoms with Crippen LogP contribution in [0.25, 0.3) is 0 Å². The average Bonchev–Trinajstić information content (AvgIpc) is 3.08. The van der Waals surface area contributed by atoms with Crippen molar-refractivity contribution in [3.8, 4) is 0 Å². The van der Waals surface area contributed by atoms with Gasteiger partial charge in [-0.15, -0.1) is 0 Å². The monoisotopic (exact) mass is 428 g/mol. The van der Waals surface area contributed by atoms with E-state index in [1.807, 2.05) is 17.0 Å². The molecule has 1 atom stereocenters. The third-order valence-corrected chi connectivity index (χ3v) is 5.83. The number of amidine groups is 1. The molecule has 1 aliphatic rings. The van der Waals surface area contributed by atoms with Crippen molar-refractivity contribution in [3.63, 3.8) is 0 Å². The molecule has 0 amide bonds. The van der Waals surface area contributed by atoms with Gasteiger partial charge in [-0.2, -0.15) is 0 Å². The summed E-state index contributed by atoms with van der Waals surface area (Å²) in [7, 11) is -3.80. The van der Waals surface area contributed by atoms with E-state index in [0.717, 1.165) is 5.56 Å². The van der Waals surface area contributed by atoms with Crippen LogP contribution in [0.15, 0.2) is 82.9 Å². The molecule has 2 aromatic carbocycles. The number of nitrogens with two attached hydrogens (primary N) is 1. The molecule has 3 N–H and O–H groups in total. The molecule has 1 aromatic heterocycles. The molecule has 0 fully saturated rings. The van der Waals surface area contributed by atoms with Crippen molar-refractivity contribution in [2.45, 2.75) is 10.6 Å². The molecule has 0 aliphatic carbocycles. The Morgan fingerprint density at radius 3 is 2.21 bits per heavy atom. The van der Waals surface area contributed by atoms with E-state index in [1.165, 1.54) is 12.1 Å². The second kappa shape index (κ2) is 7.23. The van der Waals surface area contributed by atoms with E-state index in [-0.39, 0.29) is 11.4 Å². The maximum atomic E-state index is 11.6. The number of hydrogen-bond acceptors (Lipinski definition) is 6. The standard InChI is InChI=1S/C20H17ClN4O3S/c21-16-3-1-14(2-4-16)19-24-20(26,15-9-11-23-12-10-15)13-25(19)17-5-7-18(8-6-17)29(22,27)28/h1-12,26H,13H2,(H2,22,27,28). The van der Waals surface area contributed by atoms with Crippen molar-refractivity contribution in [2.24, 2.45) is 10.1 Å². The lowest BCUT2D eigenvalue weighted by atomic mass is 10.1. The zero-order valence-electron chi connectivity index (χ0n) is 15.1. The van der Waals surface area contributed by atoms with Crippen LogP contribution in [0.5, 0.6) is 0 Å². The van der Waals surface area contributed by atoms with Crippen molar-refractivity contribution >= 4 is 33.1 Å². The highest BCUT2D eigenvalue weighted by atomic mass is 35.5. The van der Waals surface area contributed by atoms with E-state index in [9.17, 15) is 13.5 Å². The largest absolute Gasteiger partial charge is 0.364 e. The van der Waals surface area contributed by atoms with Crippen LogP contribution in [0.2, 0.25) is 5.02 Å². The molecule has 0 saturated heterocycles. The molecule has 9 heteroatoms. The van der Waals surface area contributed by atoms with Gasteiger partial charge in [-0.05, 0) is 60.7 Å². The molecule has 2 heterocycles. The van der Waals surface area contributed by atoms with E-state index in [2.05, 4.69) is 9.98 Å². The Bertz CT molecular complexity index is 1170. The highest BCUT2D eigenvalue weighted by Gasteiger charge is 2.40. The SMILES string of the molecule is NS(=O)(=O)c1ccc(N2CC(O)(c3ccncc3)N=C2c2ccc(Cl)cc2)cc1. The lowest BCUT2D eigenvalue weighted by Gasteiger charge is -2.24. The van der Waals surface area contributed by atoms with Gasteiger partial charge in [0.15, 0.2) is 0 Å². The van der Waals surface area contributed by atoms with Gasteiger partial charge in [0.05, 0.1) is 11.4 Å². The number of nitrogens with zero attached hydrogens (tertiary/aromatic N) is 3. The minimum Gasteiger partial charge on any atom is -0.364 e. The molecule has 1 aliphatic heterocycles. The predicted molar refractivity (Wildman–Crippen MR) is 111 cm³/mol. The van der Waals surface area contributed by atoms with E-state index >= 15 is 0 Å². The maximum absolute atomic E-state index is 11.6. The van der Waals surface area contributed by atoms with Crippen molar-refractivity contribution in [1.29, 1.82) is 0 Å². The summed E-state index contributed by atoms with van der Waals surface area (Å²) in [4.78, 5) is 10.4. The van der Waals surface area contributed by atoms with Crippen molar-refractivity contribution in [2.75, 3.05) is 11.4 Å². The maximum Gasteiger partial charge on any atom is 0.238 e. The number of benzene rings is 2. The normalized spacial score (nSPS) is 19.3. The zero-order valence-corrected chi connectivity index (χ0v) is 16.7. The van der Waals surface area contributed by atoms with Crippen LogP contribution in [0.1, 0.15) is 11.1 Å². The summed E-state index contributed by atoms with van der Waals surface area (Å²) in [6.45, 7) is 0.143. The van der Waals surface area contributed by atoms with Gasteiger partial charge in [0.2, 0.25) is 15.7 Å². The van der Waals surface area contributed by atoms with Crippen LogP contribution >= 0.6 is 11.6 Å². The van der Waals surface area contributed by atoms with Gasteiger partial charge in [0.1, 0.15) is 5.84 Å². The summed E-state index contributed by atoms with van der Waals surface area (Å²) in [5, 5.41) is 17.0. The van der Waals surface area contributed by atoms with Gasteiger partial charge in [-0.1, -0.05) is 11.6 Å². The lowest BCUT2D eigenvalue weighted by Crippen LogP contribution is -2.34. The van der Waals surface area contributed by atoms with E-state index in [4.69, 9.17) is 16.7 Å². The molecule has 4 rings (SSSR count). The molecule has 0 spiro atoms. The van der Waals surface area contributed by atoms with Gasteiger partial charge in [-0.25, -0.2) is 18.5 Å². The fraction of sp³-hybridized carbons (Fsp3) is 0.100. The van der Waals surface area contributed by atoms with E-state index in [0.29, 0.717) is 22.1 Å². The van der Waals surface area contributed by atoms with Crippen molar-refractivity contribution in [3.05, 3.63) is 89.2 Å². The number of aliphatic hydroxyl groups is 1. The van der Waals surface area contributed by atoms with Gasteiger partial charge < -0.3 is 10.0 Å². The Balaban J connectivity index is 1.79. The average molecular weight is 429 g/mol. The van der Waals surface area contributed by atoms with Gasteiger partial charge >= 0.3 is 0 Å². The smallest absolute Gasteiger partial charge is 0.238 e. The highest BCUT2D eigenvalue weighted by molar-refractivity contribution is 7.89. The number of β-amino-alcohol motifs (C(OH)–C–C–N with tert-alkyl or cyclic N) is 1. The quantitative estimate of drug-likeness (QED) is 0.663. The van der Waals surface area contributed by atoms with E-state index in [1.54, 1.807) is 48.8 Å². The first kappa shape index (κ1) is 19.5. The number of hydrogen-bond donors (Lipinski definition) is 2. The van der Waals surface area contributed by atoms with Crippen LogP contribution in [0, 0.1) is 0 Å². The Hall–Kier alpha value is -2.78. The Morgan fingerprint density at radius 1 is 1.00 bits per heavy atom. The number of aromatic nitrogens is 1. The fourth-order valence-electron chi connectivity index (χ4n) is 3.19. The number of pyridine rings is 1. The molecule has 148 valence electrons. The minimum absolute atomic E-state index is 0.00910. The summed E-state index contributed by atoms with van der Waals surface area (Å²) in [6, 6.07) is 16.6.